The van der Waals surface area contributed by atoms with Crippen molar-refractivity contribution in [1.29, 1.82) is 0 Å². The fourth-order valence-electron chi connectivity index (χ4n) is 6.46. The first kappa shape index (κ1) is 21.6. The molecule has 1 amide bonds. The Morgan fingerprint density at radius 2 is 2.00 bits per heavy atom. The predicted octanol–water partition coefficient (Wildman–Crippen LogP) is 1.08. The number of aliphatic hydroxyl groups excluding tert-OH is 4. The number of carbonyl (C=O) groups excluding carboxylic acids is 1. The van der Waals surface area contributed by atoms with Gasteiger partial charge >= 0.3 is 0 Å². The van der Waals surface area contributed by atoms with E-state index >= 15 is 0 Å². The zero-order valence-corrected chi connectivity index (χ0v) is 17.0. The molecule has 0 heterocycles. The molecule has 0 aliphatic heterocycles. The standard InChI is InChI=1S/C21H35NO6/c1-4-22(10-12(2)24)20(27)21-7-5-6-16(28-3)18(21)14-8-13(11-23)19(26)15(14)9-17(21)25/h13-19,23-26H,2,4-11H2,1,3H3. The summed E-state index contributed by atoms with van der Waals surface area (Å²) in [6.45, 7) is 5.73. The third-order valence-corrected chi connectivity index (χ3v) is 7.65. The van der Waals surface area contributed by atoms with E-state index in [2.05, 4.69) is 6.58 Å². The minimum Gasteiger partial charge on any atom is -0.511 e. The van der Waals surface area contributed by atoms with E-state index < -0.39 is 17.6 Å². The molecule has 3 aliphatic carbocycles. The van der Waals surface area contributed by atoms with Crippen LogP contribution in [0.5, 0.6) is 0 Å². The zero-order chi connectivity index (χ0) is 20.6. The van der Waals surface area contributed by atoms with Crippen LogP contribution >= 0.6 is 0 Å². The van der Waals surface area contributed by atoms with E-state index in [9.17, 15) is 25.2 Å². The summed E-state index contributed by atoms with van der Waals surface area (Å²) in [7, 11) is 1.64. The van der Waals surface area contributed by atoms with E-state index in [1.165, 1.54) is 0 Å². The van der Waals surface area contributed by atoms with Crippen molar-refractivity contribution < 1.29 is 30.0 Å². The Hall–Kier alpha value is -1.15. The number of nitrogens with zero attached hydrogens (tertiary/aromatic N) is 1. The summed E-state index contributed by atoms with van der Waals surface area (Å²) in [5, 5.41) is 41.4. The largest absolute Gasteiger partial charge is 0.511 e. The van der Waals surface area contributed by atoms with Crippen LogP contribution in [0.2, 0.25) is 0 Å². The van der Waals surface area contributed by atoms with E-state index in [4.69, 9.17) is 4.74 Å². The third kappa shape index (κ3) is 3.26. The van der Waals surface area contributed by atoms with Crippen LogP contribution in [-0.2, 0) is 9.53 Å². The summed E-state index contributed by atoms with van der Waals surface area (Å²) >= 11 is 0. The maximum atomic E-state index is 13.8. The Balaban J connectivity index is 2.03. The van der Waals surface area contributed by atoms with Crippen molar-refractivity contribution in [3.05, 3.63) is 12.3 Å². The molecule has 4 N–H and O–H groups in total. The van der Waals surface area contributed by atoms with Crippen LogP contribution in [0, 0.1) is 29.1 Å². The molecule has 0 aromatic heterocycles. The molecular weight excluding hydrogens is 362 g/mol. The van der Waals surface area contributed by atoms with Crippen molar-refractivity contribution in [2.75, 3.05) is 26.8 Å². The van der Waals surface area contributed by atoms with Gasteiger partial charge in [-0.15, -0.1) is 0 Å². The first-order chi connectivity index (χ1) is 13.3. The van der Waals surface area contributed by atoms with Crippen LogP contribution in [-0.4, -0.2) is 76.4 Å². The van der Waals surface area contributed by atoms with E-state index in [-0.39, 0.29) is 54.6 Å². The summed E-state index contributed by atoms with van der Waals surface area (Å²) in [6.07, 6.45) is 1.39. The molecule has 0 aromatic carbocycles. The number of carbonyl (C=O) groups is 1. The summed E-state index contributed by atoms with van der Waals surface area (Å²) in [5.74, 6) is -0.823. The maximum absolute atomic E-state index is 13.8. The fourth-order valence-corrected chi connectivity index (χ4v) is 6.46. The SMILES string of the molecule is C=C(O)CN(CC)C(=O)C12CCCC(OC)C1C1CC(CO)C(O)C1CC2O. The molecule has 0 saturated heterocycles. The van der Waals surface area contributed by atoms with Crippen LogP contribution in [0.4, 0.5) is 0 Å². The molecule has 8 atom stereocenters. The van der Waals surface area contributed by atoms with Gasteiger partial charge in [-0.3, -0.25) is 4.79 Å². The number of rotatable bonds is 6. The number of likely N-dealkylation sites (N-methyl/N-ethyl adjacent to an activating group) is 1. The molecule has 3 rings (SSSR count). The van der Waals surface area contributed by atoms with Gasteiger partial charge in [0.15, 0.2) is 0 Å². The highest BCUT2D eigenvalue weighted by molar-refractivity contribution is 5.84. The normalized spacial score (nSPS) is 42.5. The highest BCUT2D eigenvalue weighted by Crippen LogP contribution is 2.61. The van der Waals surface area contributed by atoms with Crippen molar-refractivity contribution >= 4 is 5.91 Å². The number of fused-ring (bicyclic) bond motifs is 3. The molecule has 0 bridgehead atoms. The molecule has 8 unspecified atom stereocenters. The van der Waals surface area contributed by atoms with Crippen LogP contribution in [0.1, 0.15) is 39.0 Å². The van der Waals surface area contributed by atoms with Gasteiger partial charge in [0.2, 0.25) is 5.91 Å². The Kier molecular flexibility index (Phi) is 6.39. The summed E-state index contributed by atoms with van der Waals surface area (Å²) < 4.78 is 5.80. The Labute approximate surface area is 167 Å². The van der Waals surface area contributed by atoms with Crippen molar-refractivity contribution in [2.24, 2.45) is 29.1 Å². The van der Waals surface area contributed by atoms with Crippen LogP contribution in [0.25, 0.3) is 0 Å². The maximum Gasteiger partial charge on any atom is 0.232 e. The van der Waals surface area contributed by atoms with E-state index in [1.807, 2.05) is 6.92 Å². The Morgan fingerprint density at radius 3 is 2.57 bits per heavy atom. The van der Waals surface area contributed by atoms with Crippen molar-refractivity contribution in [3.63, 3.8) is 0 Å². The minimum atomic E-state index is -0.990. The van der Waals surface area contributed by atoms with Crippen LogP contribution < -0.4 is 0 Å². The second kappa shape index (κ2) is 8.30. The lowest BCUT2D eigenvalue weighted by Gasteiger charge is -2.57. The van der Waals surface area contributed by atoms with Gasteiger partial charge in [0.1, 0.15) is 5.76 Å². The average molecular weight is 398 g/mol. The average Bonchev–Trinajstić information content (AvgIpc) is 3.00. The summed E-state index contributed by atoms with van der Waals surface area (Å²) in [6, 6.07) is 0. The topological polar surface area (TPSA) is 110 Å². The number of amides is 1. The molecule has 3 fully saturated rings. The molecule has 7 heteroatoms. The Bertz CT molecular complexity index is 597. The molecule has 7 nitrogen and oxygen atoms in total. The molecule has 28 heavy (non-hydrogen) atoms. The van der Waals surface area contributed by atoms with Gasteiger partial charge in [-0.25, -0.2) is 0 Å². The van der Waals surface area contributed by atoms with E-state index in [0.717, 1.165) is 12.8 Å². The number of aliphatic hydroxyl groups is 4. The van der Waals surface area contributed by atoms with Gasteiger partial charge in [0.05, 0.1) is 30.3 Å². The second-order valence-corrected chi connectivity index (χ2v) is 8.87. The first-order valence-electron chi connectivity index (χ1n) is 10.5. The lowest BCUT2D eigenvalue weighted by Crippen LogP contribution is -2.64. The number of methoxy groups -OCH3 is 1. The molecule has 0 spiro atoms. The number of hydrogen-bond donors (Lipinski definition) is 4. The molecular formula is C21H35NO6. The van der Waals surface area contributed by atoms with E-state index in [1.54, 1.807) is 12.0 Å². The van der Waals surface area contributed by atoms with Crippen molar-refractivity contribution in [1.82, 2.24) is 4.90 Å². The first-order valence-corrected chi connectivity index (χ1v) is 10.5. The van der Waals surface area contributed by atoms with Gasteiger partial charge in [-0.2, -0.15) is 0 Å². The molecule has 0 radical (unpaired) electrons. The van der Waals surface area contributed by atoms with Crippen LogP contribution in [0.15, 0.2) is 12.3 Å². The molecule has 0 aromatic rings. The Morgan fingerprint density at radius 1 is 1.29 bits per heavy atom. The zero-order valence-electron chi connectivity index (χ0n) is 17.0. The summed E-state index contributed by atoms with van der Waals surface area (Å²) in [4.78, 5) is 15.3. The summed E-state index contributed by atoms with van der Waals surface area (Å²) in [5.41, 5.74) is -0.990. The smallest absolute Gasteiger partial charge is 0.232 e. The molecule has 160 valence electrons. The minimum absolute atomic E-state index is 0.0146. The quantitative estimate of drug-likeness (QED) is 0.499. The van der Waals surface area contributed by atoms with E-state index in [0.29, 0.717) is 25.8 Å². The second-order valence-electron chi connectivity index (χ2n) is 8.87. The van der Waals surface area contributed by atoms with Crippen molar-refractivity contribution in [3.8, 4) is 0 Å². The van der Waals surface area contributed by atoms with Gasteiger partial charge in [-0.05, 0) is 50.9 Å². The fraction of sp³-hybridized carbons (Fsp3) is 0.857. The third-order valence-electron chi connectivity index (χ3n) is 7.65. The van der Waals surface area contributed by atoms with Gasteiger partial charge in [0.25, 0.3) is 0 Å². The predicted molar refractivity (Wildman–Crippen MR) is 103 cm³/mol. The number of hydrogen-bond acceptors (Lipinski definition) is 6. The van der Waals surface area contributed by atoms with Crippen LogP contribution in [0.3, 0.4) is 0 Å². The van der Waals surface area contributed by atoms with Crippen molar-refractivity contribution in [2.45, 2.75) is 57.3 Å². The molecule has 3 aliphatic rings. The lowest BCUT2D eigenvalue weighted by atomic mass is 9.50. The number of ether oxygens (including phenoxy) is 1. The van der Waals surface area contributed by atoms with Gasteiger partial charge in [0, 0.05) is 32.1 Å². The highest BCUT2D eigenvalue weighted by Gasteiger charge is 2.65. The monoisotopic (exact) mass is 397 g/mol. The molecule has 3 saturated carbocycles. The van der Waals surface area contributed by atoms with Gasteiger partial charge in [-0.1, -0.05) is 6.58 Å². The highest BCUT2D eigenvalue weighted by atomic mass is 16.5. The lowest BCUT2D eigenvalue weighted by molar-refractivity contribution is -0.196. The van der Waals surface area contributed by atoms with Gasteiger partial charge < -0.3 is 30.1 Å².